The zero-order valence-electron chi connectivity index (χ0n) is 14.8. The quantitative estimate of drug-likeness (QED) is 0.766. The summed E-state index contributed by atoms with van der Waals surface area (Å²) in [7, 11) is 0. The lowest BCUT2D eigenvalue weighted by Crippen LogP contribution is -2.37. The molecule has 2 unspecified atom stereocenters. The first-order valence-electron chi connectivity index (χ1n) is 8.39. The molecule has 2 fully saturated rings. The number of hydrogen-bond acceptors (Lipinski definition) is 4. The van der Waals surface area contributed by atoms with E-state index in [4.69, 9.17) is 10.2 Å². The number of amides is 2. The van der Waals surface area contributed by atoms with Gasteiger partial charge < -0.3 is 20.0 Å². The van der Waals surface area contributed by atoms with Gasteiger partial charge in [-0.2, -0.15) is 0 Å². The predicted molar refractivity (Wildman–Crippen MR) is 87.3 cm³/mol. The third-order valence-electron chi connectivity index (χ3n) is 3.77. The zero-order chi connectivity index (χ0) is 18.9. The second kappa shape index (κ2) is 10.6. The number of rotatable bonds is 5. The number of carboxylic acids is 2. The average molecular weight is 344 g/mol. The molecule has 8 nitrogen and oxygen atoms in total. The van der Waals surface area contributed by atoms with Crippen LogP contribution in [-0.4, -0.2) is 69.9 Å². The Morgan fingerprint density at radius 1 is 0.833 bits per heavy atom. The van der Waals surface area contributed by atoms with Crippen molar-refractivity contribution in [1.82, 2.24) is 9.80 Å². The fourth-order valence-electron chi connectivity index (χ4n) is 2.55. The molecular weight excluding hydrogens is 316 g/mol. The maximum atomic E-state index is 11.6. The van der Waals surface area contributed by atoms with Crippen molar-refractivity contribution in [2.75, 3.05) is 26.2 Å². The normalized spacial score (nSPS) is 22.5. The maximum Gasteiger partial charge on any atom is 0.308 e. The van der Waals surface area contributed by atoms with E-state index in [1.54, 1.807) is 0 Å². The van der Waals surface area contributed by atoms with E-state index in [-0.39, 0.29) is 50.8 Å². The summed E-state index contributed by atoms with van der Waals surface area (Å²) in [6.07, 6.45) is -0.0257. The highest BCUT2D eigenvalue weighted by Crippen LogP contribution is 2.20. The van der Waals surface area contributed by atoms with Gasteiger partial charge in [-0.3, -0.25) is 19.2 Å². The van der Waals surface area contributed by atoms with Crippen LogP contribution >= 0.6 is 0 Å². The fraction of sp³-hybridized carbons (Fsp3) is 0.750. The second-order valence-electron chi connectivity index (χ2n) is 5.16. The Balaban J connectivity index is 0.00000123. The third kappa shape index (κ3) is 5.82. The molecule has 2 saturated heterocycles. The molecule has 2 amide bonds. The van der Waals surface area contributed by atoms with E-state index in [1.165, 1.54) is 9.80 Å². The highest BCUT2D eigenvalue weighted by Gasteiger charge is 2.37. The van der Waals surface area contributed by atoms with Crippen LogP contribution in [0.1, 0.15) is 40.5 Å². The molecule has 2 rings (SSSR count). The summed E-state index contributed by atoms with van der Waals surface area (Å²) in [6, 6.07) is 0. The Bertz CT molecular complexity index is 423. The highest BCUT2D eigenvalue weighted by molar-refractivity contribution is 5.87. The molecule has 0 bridgehead atoms. The molecule has 2 N–H and O–H groups in total. The monoisotopic (exact) mass is 344 g/mol. The number of hydrogen-bond donors (Lipinski definition) is 2. The van der Waals surface area contributed by atoms with Gasteiger partial charge in [-0.05, 0) is 0 Å². The molecule has 24 heavy (non-hydrogen) atoms. The van der Waals surface area contributed by atoms with Gasteiger partial charge in [0.1, 0.15) is 0 Å². The number of nitrogens with zero attached hydrogens (tertiary/aromatic N) is 2. The molecule has 0 aliphatic carbocycles. The van der Waals surface area contributed by atoms with Gasteiger partial charge in [-0.25, -0.2) is 0 Å². The fourth-order valence-corrected chi connectivity index (χ4v) is 2.55. The number of carboxylic acid groups (broad SMARTS) is 2. The van der Waals surface area contributed by atoms with Gasteiger partial charge in [0, 0.05) is 39.0 Å². The summed E-state index contributed by atoms with van der Waals surface area (Å²) in [6.45, 7) is 8.80. The number of aliphatic carboxylic acids is 2. The average Bonchev–Trinajstić information content (AvgIpc) is 3.12. The topological polar surface area (TPSA) is 115 Å². The maximum absolute atomic E-state index is 11.6. The van der Waals surface area contributed by atoms with Crippen LogP contribution in [-0.2, 0) is 19.2 Å². The van der Waals surface area contributed by atoms with Crippen LogP contribution in [0.4, 0.5) is 0 Å². The van der Waals surface area contributed by atoms with Crippen molar-refractivity contribution >= 4 is 23.8 Å². The van der Waals surface area contributed by atoms with Crippen LogP contribution in [0.5, 0.6) is 0 Å². The van der Waals surface area contributed by atoms with Crippen LogP contribution in [0.2, 0.25) is 0 Å². The van der Waals surface area contributed by atoms with E-state index in [0.29, 0.717) is 0 Å². The number of carbonyl (C=O) groups excluding carboxylic acids is 2. The minimum atomic E-state index is -0.996. The minimum Gasteiger partial charge on any atom is -0.481 e. The van der Waals surface area contributed by atoms with Crippen molar-refractivity contribution in [3.8, 4) is 0 Å². The van der Waals surface area contributed by atoms with Gasteiger partial charge in [0.15, 0.2) is 0 Å². The van der Waals surface area contributed by atoms with Crippen LogP contribution < -0.4 is 0 Å². The zero-order valence-corrected chi connectivity index (χ0v) is 14.8. The summed E-state index contributed by atoms with van der Waals surface area (Å²) >= 11 is 0. The smallest absolute Gasteiger partial charge is 0.308 e. The van der Waals surface area contributed by atoms with Crippen LogP contribution in [0.15, 0.2) is 0 Å². The van der Waals surface area contributed by atoms with E-state index in [2.05, 4.69) is 0 Å². The SMILES string of the molecule is CC.CC.O=C(O)C1CC(=O)N(CCN2CC(C(=O)O)CC2=O)C1. The van der Waals surface area contributed by atoms with E-state index in [1.807, 2.05) is 27.7 Å². The molecule has 8 heteroatoms. The van der Waals surface area contributed by atoms with Gasteiger partial charge in [0.2, 0.25) is 11.8 Å². The standard InChI is InChI=1S/C12H16N2O6.2C2H6/c15-9-3-7(11(17)18)5-13(9)1-2-14-6-8(12(19)20)4-10(14)16;2*1-2/h7-8H,1-6H2,(H,17,18)(H,19,20);2*1-2H3. The molecule has 2 aliphatic rings. The van der Waals surface area contributed by atoms with Crippen LogP contribution in [0.25, 0.3) is 0 Å². The van der Waals surface area contributed by atoms with Crippen LogP contribution in [0.3, 0.4) is 0 Å². The van der Waals surface area contributed by atoms with Crippen molar-refractivity contribution in [3.63, 3.8) is 0 Å². The minimum absolute atomic E-state index is 0.0129. The van der Waals surface area contributed by atoms with E-state index >= 15 is 0 Å². The van der Waals surface area contributed by atoms with Crippen molar-refractivity contribution < 1.29 is 29.4 Å². The summed E-state index contributed by atoms with van der Waals surface area (Å²) in [5.41, 5.74) is 0. The van der Waals surface area contributed by atoms with E-state index < -0.39 is 23.8 Å². The number of carbonyl (C=O) groups is 4. The molecule has 0 spiro atoms. The molecule has 2 heterocycles. The summed E-state index contributed by atoms with van der Waals surface area (Å²) in [5.74, 6) is -3.85. The number of likely N-dealkylation sites (tertiary alicyclic amines) is 2. The summed E-state index contributed by atoms with van der Waals surface area (Å²) in [5, 5.41) is 17.7. The van der Waals surface area contributed by atoms with Crippen molar-refractivity contribution in [2.24, 2.45) is 11.8 Å². The van der Waals surface area contributed by atoms with Gasteiger partial charge in [0.25, 0.3) is 0 Å². The Hall–Kier alpha value is -2.12. The summed E-state index contributed by atoms with van der Waals surface area (Å²) < 4.78 is 0. The Morgan fingerprint density at radius 3 is 1.33 bits per heavy atom. The Labute approximate surface area is 142 Å². The van der Waals surface area contributed by atoms with Gasteiger partial charge in [-0.15, -0.1) is 0 Å². The van der Waals surface area contributed by atoms with Crippen molar-refractivity contribution in [1.29, 1.82) is 0 Å². The van der Waals surface area contributed by atoms with E-state index in [9.17, 15) is 19.2 Å². The molecule has 0 aromatic carbocycles. The largest absolute Gasteiger partial charge is 0.481 e. The molecule has 0 radical (unpaired) electrons. The molecule has 0 aromatic heterocycles. The molecule has 2 aliphatic heterocycles. The van der Waals surface area contributed by atoms with Crippen molar-refractivity contribution in [3.05, 3.63) is 0 Å². The molecular formula is C16H28N2O6. The first-order valence-corrected chi connectivity index (χ1v) is 8.39. The lowest BCUT2D eigenvalue weighted by atomic mass is 10.1. The van der Waals surface area contributed by atoms with Gasteiger partial charge >= 0.3 is 11.9 Å². The molecule has 138 valence electrons. The lowest BCUT2D eigenvalue weighted by molar-refractivity contribution is -0.142. The third-order valence-corrected chi connectivity index (χ3v) is 3.77. The highest BCUT2D eigenvalue weighted by atomic mass is 16.4. The predicted octanol–water partition coefficient (Wildman–Crippen LogP) is 0.905. The van der Waals surface area contributed by atoms with Crippen molar-refractivity contribution in [2.45, 2.75) is 40.5 Å². The Kier molecular flexibility index (Phi) is 9.68. The molecule has 0 saturated carbocycles. The molecule has 0 aromatic rings. The van der Waals surface area contributed by atoms with Crippen LogP contribution in [0, 0.1) is 11.8 Å². The first-order chi connectivity index (χ1) is 11.4. The summed E-state index contributed by atoms with van der Waals surface area (Å²) in [4.78, 5) is 47.7. The van der Waals surface area contributed by atoms with E-state index in [0.717, 1.165) is 0 Å². The van der Waals surface area contributed by atoms with Gasteiger partial charge in [-0.1, -0.05) is 27.7 Å². The lowest BCUT2D eigenvalue weighted by Gasteiger charge is -2.21. The second-order valence-corrected chi connectivity index (χ2v) is 5.16. The molecule has 2 atom stereocenters. The first kappa shape index (κ1) is 21.9. The Morgan fingerprint density at radius 2 is 1.12 bits per heavy atom. The van der Waals surface area contributed by atoms with Gasteiger partial charge in [0.05, 0.1) is 11.8 Å².